The van der Waals surface area contributed by atoms with E-state index in [1.807, 2.05) is 38.1 Å². The van der Waals surface area contributed by atoms with Crippen LogP contribution in [0.4, 0.5) is 30.4 Å². The number of nitrogens with one attached hydrogen (secondary N) is 2. The van der Waals surface area contributed by atoms with Crippen LogP contribution in [0.25, 0.3) is 11.0 Å². The highest BCUT2D eigenvalue weighted by molar-refractivity contribution is 8.12. The van der Waals surface area contributed by atoms with Crippen molar-refractivity contribution >= 4 is 62.9 Å². The number of hydrogen-bond donors (Lipinski definition) is 3. The first kappa shape index (κ1) is 27.7. The van der Waals surface area contributed by atoms with Gasteiger partial charge >= 0.3 is 6.18 Å². The molecule has 0 spiro atoms. The molecule has 4 aromatic rings. The second-order valence-corrected chi connectivity index (χ2v) is 11.1. The Bertz CT molecular complexity index is 1600. The third-order valence-corrected chi connectivity index (χ3v) is 7.77. The van der Waals surface area contributed by atoms with Gasteiger partial charge < -0.3 is 11.1 Å². The van der Waals surface area contributed by atoms with Crippen LogP contribution in [0.5, 0.6) is 0 Å². The molecule has 1 aliphatic rings. The number of nitrogen functional groups attached to an aromatic ring is 1. The number of hydrazine groups is 1. The van der Waals surface area contributed by atoms with Gasteiger partial charge in [-0.25, -0.2) is 15.0 Å². The number of halogens is 3. The van der Waals surface area contributed by atoms with Crippen molar-refractivity contribution in [3.63, 3.8) is 0 Å². The minimum Gasteiger partial charge on any atom is -0.399 e. The van der Waals surface area contributed by atoms with E-state index in [0.717, 1.165) is 19.9 Å². The molecule has 1 amide bonds. The van der Waals surface area contributed by atoms with Gasteiger partial charge in [-0.1, -0.05) is 25.6 Å². The highest BCUT2D eigenvalue weighted by Crippen LogP contribution is 2.37. The Labute approximate surface area is 236 Å². The lowest BCUT2D eigenvalue weighted by molar-refractivity contribution is -0.0554. The molecule has 0 saturated carbocycles. The van der Waals surface area contributed by atoms with Crippen molar-refractivity contribution in [2.45, 2.75) is 35.7 Å². The second kappa shape index (κ2) is 11.3. The van der Waals surface area contributed by atoms with Gasteiger partial charge in [0.15, 0.2) is 10.7 Å². The molecular weight excluding hydrogens is 561 g/mol. The van der Waals surface area contributed by atoms with Gasteiger partial charge in [-0.3, -0.25) is 15.2 Å². The molecule has 9 nitrogen and oxygen atoms in total. The quantitative estimate of drug-likeness (QED) is 0.173. The Hall–Kier alpha value is -3.88. The molecule has 14 heteroatoms. The van der Waals surface area contributed by atoms with Crippen molar-refractivity contribution in [3.8, 4) is 0 Å². The number of nitrogens with zero attached hydrogens (tertiary/aromatic N) is 5. The number of alkyl halides is 3. The number of aliphatic imine (C=N–C) groups is 1. The van der Waals surface area contributed by atoms with Crippen molar-refractivity contribution in [2.75, 3.05) is 17.7 Å². The molecule has 0 radical (unpaired) electrons. The fourth-order valence-electron chi connectivity index (χ4n) is 3.69. The molecule has 40 heavy (non-hydrogen) atoms. The predicted octanol–water partition coefficient (Wildman–Crippen LogP) is 6.15. The first-order valence-corrected chi connectivity index (χ1v) is 13.6. The maximum Gasteiger partial charge on any atom is 0.440 e. The Balaban J connectivity index is 1.45. The standard InChI is InChI=1S/C26H23F3N8OS2/c1-14(2)19-9-8-18-22(34-19)31-12-32-23(18)35-20-11-15(3-10-21(20)39-17-6-4-16(30)5-7-17)24(38)36-37-13-33-25(40-37)26(27,28)29/h3-12,14H,13,30H2,1-2H3,(H,36,38)(H,31,32,34,35). The third kappa shape index (κ3) is 6.29. The largest absolute Gasteiger partial charge is 0.440 e. The van der Waals surface area contributed by atoms with Crippen molar-refractivity contribution in [1.29, 1.82) is 0 Å². The summed E-state index contributed by atoms with van der Waals surface area (Å²) in [5.74, 6) is 0.122. The SMILES string of the molecule is CC(C)c1ccc2c(Nc3cc(C(=O)NN4CN=C(C(F)(F)F)S4)ccc3Sc3ccc(N)cc3)ncnc2n1. The summed E-state index contributed by atoms with van der Waals surface area (Å²) < 4.78 is 39.9. The van der Waals surface area contributed by atoms with E-state index in [9.17, 15) is 18.0 Å². The number of rotatable bonds is 7. The normalized spacial score (nSPS) is 14.0. The van der Waals surface area contributed by atoms with Crippen LogP contribution in [0, 0.1) is 0 Å². The molecule has 5 rings (SSSR count). The van der Waals surface area contributed by atoms with Crippen LogP contribution in [0.2, 0.25) is 0 Å². The fraction of sp³-hybridized carbons (Fsp3) is 0.192. The minimum atomic E-state index is -4.58. The zero-order chi connectivity index (χ0) is 28.4. The first-order valence-electron chi connectivity index (χ1n) is 12.0. The summed E-state index contributed by atoms with van der Waals surface area (Å²) in [6.07, 6.45) is -3.17. The molecule has 0 aliphatic carbocycles. The second-order valence-electron chi connectivity index (χ2n) is 9.00. The first-order chi connectivity index (χ1) is 19.1. The van der Waals surface area contributed by atoms with Crippen LogP contribution in [0.15, 0.2) is 75.7 Å². The maximum absolute atomic E-state index is 13.0. The summed E-state index contributed by atoms with van der Waals surface area (Å²) in [6.45, 7) is 3.77. The Morgan fingerprint density at radius 1 is 1.10 bits per heavy atom. The molecule has 2 aromatic carbocycles. The number of amides is 1. The molecule has 0 bridgehead atoms. The van der Waals surface area contributed by atoms with Crippen molar-refractivity contribution in [3.05, 3.63) is 72.2 Å². The number of hydrogen-bond acceptors (Lipinski definition) is 10. The molecule has 1 aliphatic heterocycles. The molecule has 0 unspecified atom stereocenters. The average molecular weight is 585 g/mol. The number of benzene rings is 2. The molecule has 3 heterocycles. The summed E-state index contributed by atoms with van der Waals surface area (Å²) in [7, 11) is 0. The minimum absolute atomic E-state index is 0.222. The van der Waals surface area contributed by atoms with Crippen LogP contribution in [-0.2, 0) is 0 Å². The molecule has 2 aromatic heterocycles. The van der Waals surface area contributed by atoms with E-state index < -0.39 is 17.1 Å². The molecule has 0 atom stereocenters. The van der Waals surface area contributed by atoms with E-state index in [-0.39, 0.29) is 18.2 Å². The van der Waals surface area contributed by atoms with Crippen molar-refractivity contribution < 1.29 is 18.0 Å². The van der Waals surface area contributed by atoms with E-state index in [0.29, 0.717) is 40.2 Å². The van der Waals surface area contributed by atoms with E-state index in [4.69, 9.17) is 5.73 Å². The number of aromatic nitrogens is 3. The van der Waals surface area contributed by atoms with Crippen molar-refractivity contribution in [1.82, 2.24) is 24.8 Å². The van der Waals surface area contributed by atoms with Gasteiger partial charge in [-0.2, -0.15) is 13.2 Å². The number of anilines is 3. The van der Waals surface area contributed by atoms with E-state index >= 15 is 0 Å². The van der Waals surface area contributed by atoms with Gasteiger partial charge in [0.05, 0.1) is 11.1 Å². The summed E-state index contributed by atoms with van der Waals surface area (Å²) in [5, 5.41) is 2.98. The zero-order valence-electron chi connectivity index (χ0n) is 21.2. The number of fused-ring (bicyclic) bond motifs is 1. The van der Waals surface area contributed by atoms with Gasteiger partial charge in [-0.05, 0) is 60.5 Å². The highest BCUT2D eigenvalue weighted by Gasteiger charge is 2.41. The molecule has 0 fully saturated rings. The summed E-state index contributed by atoms with van der Waals surface area (Å²) in [4.78, 5) is 31.5. The van der Waals surface area contributed by atoms with E-state index in [1.54, 1.807) is 30.3 Å². The van der Waals surface area contributed by atoms with Crippen LogP contribution in [0.3, 0.4) is 0 Å². The lowest BCUT2D eigenvalue weighted by Crippen LogP contribution is -2.36. The Morgan fingerprint density at radius 2 is 1.88 bits per heavy atom. The fourth-order valence-corrected chi connectivity index (χ4v) is 5.25. The highest BCUT2D eigenvalue weighted by atomic mass is 32.2. The number of nitrogens with two attached hydrogens (primary N) is 1. The van der Waals surface area contributed by atoms with E-state index in [1.165, 1.54) is 18.1 Å². The van der Waals surface area contributed by atoms with Crippen LogP contribution < -0.4 is 16.5 Å². The van der Waals surface area contributed by atoms with Gasteiger partial charge in [0.1, 0.15) is 18.8 Å². The average Bonchev–Trinajstić information content (AvgIpc) is 3.40. The van der Waals surface area contributed by atoms with Gasteiger partial charge in [-0.15, -0.1) is 4.41 Å². The lowest BCUT2D eigenvalue weighted by atomic mass is 10.1. The lowest BCUT2D eigenvalue weighted by Gasteiger charge is -2.17. The maximum atomic E-state index is 13.0. The molecule has 206 valence electrons. The summed E-state index contributed by atoms with van der Waals surface area (Å²) >= 11 is 1.77. The molecular formula is C26H23F3N8OS2. The topological polar surface area (TPSA) is 121 Å². The zero-order valence-corrected chi connectivity index (χ0v) is 22.9. The Morgan fingerprint density at radius 3 is 2.58 bits per heavy atom. The van der Waals surface area contributed by atoms with E-state index in [2.05, 4.69) is 30.7 Å². The van der Waals surface area contributed by atoms with Crippen LogP contribution >= 0.6 is 23.7 Å². The summed E-state index contributed by atoms with van der Waals surface area (Å²) in [5.41, 5.74) is 11.1. The number of carbonyl (C=O) groups is 1. The molecule has 0 saturated heterocycles. The van der Waals surface area contributed by atoms with Crippen LogP contribution in [-0.4, -0.2) is 43.2 Å². The van der Waals surface area contributed by atoms with Crippen LogP contribution in [0.1, 0.15) is 35.8 Å². The predicted molar refractivity (Wildman–Crippen MR) is 151 cm³/mol. The monoisotopic (exact) mass is 584 g/mol. The third-order valence-electron chi connectivity index (χ3n) is 5.72. The summed E-state index contributed by atoms with van der Waals surface area (Å²) in [6, 6.07) is 16.1. The molecule has 4 N–H and O–H groups in total. The number of pyridine rings is 1. The van der Waals surface area contributed by atoms with Gasteiger partial charge in [0.25, 0.3) is 5.91 Å². The van der Waals surface area contributed by atoms with Gasteiger partial charge in [0, 0.05) is 38.7 Å². The van der Waals surface area contributed by atoms with Gasteiger partial charge in [0.2, 0.25) is 0 Å². The smallest absolute Gasteiger partial charge is 0.399 e. The van der Waals surface area contributed by atoms with Crippen molar-refractivity contribution in [2.24, 2.45) is 4.99 Å². The number of carbonyl (C=O) groups excluding carboxylic acids is 1. The Kier molecular flexibility index (Phi) is 7.83.